The molecule has 2 bridgehead atoms. The lowest BCUT2D eigenvalue weighted by Crippen LogP contribution is -2.43. The number of nitrogens with one attached hydrogen (secondary N) is 2. The topological polar surface area (TPSA) is 66.9 Å². The molecule has 7 heteroatoms. The SMILES string of the molecule is CCCNC(=O)C1C2C=CC(C2)C1Nc1nc(Cl)ncc1Cl. The molecule has 1 heterocycles. The van der Waals surface area contributed by atoms with E-state index >= 15 is 0 Å². The minimum absolute atomic E-state index is 0.0182. The van der Waals surface area contributed by atoms with E-state index in [-0.39, 0.29) is 29.1 Å². The molecule has 0 aromatic carbocycles. The van der Waals surface area contributed by atoms with Crippen molar-refractivity contribution in [2.24, 2.45) is 17.8 Å². The fourth-order valence-electron chi connectivity index (χ4n) is 3.35. The number of hydrogen-bond acceptors (Lipinski definition) is 4. The largest absolute Gasteiger partial charge is 0.365 e. The van der Waals surface area contributed by atoms with Crippen molar-refractivity contribution >= 4 is 34.9 Å². The fourth-order valence-corrected chi connectivity index (χ4v) is 3.63. The highest BCUT2D eigenvalue weighted by Crippen LogP contribution is 2.45. The third-order valence-corrected chi connectivity index (χ3v) is 4.79. The number of carbonyl (C=O) groups excluding carboxylic acids is 1. The third-order valence-electron chi connectivity index (χ3n) is 4.33. The molecule has 2 N–H and O–H groups in total. The van der Waals surface area contributed by atoms with Gasteiger partial charge in [0.15, 0.2) is 0 Å². The zero-order valence-electron chi connectivity index (χ0n) is 12.2. The van der Waals surface area contributed by atoms with Gasteiger partial charge in [-0.25, -0.2) is 4.98 Å². The standard InChI is InChI=1S/C15H18Cl2N4O/c1-2-5-18-14(22)11-8-3-4-9(6-8)12(11)20-13-10(16)7-19-15(17)21-13/h3-4,7-9,11-12H,2,5-6H2,1H3,(H,18,22)(H,19,20,21). The van der Waals surface area contributed by atoms with Crippen molar-refractivity contribution < 1.29 is 4.79 Å². The first-order valence-electron chi connectivity index (χ1n) is 7.50. The summed E-state index contributed by atoms with van der Waals surface area (Å²) in [5.74, 6) is 1.06. The minimum Gasteiger partial charge on any atom is -0.365 e. The third kappa shape index (κ3) is 2.92. The van der Waals surface area contributed by atoms with Gasteiger partial charge in [0.1, 0.15) is 10.8 Å². The number of anilines is 1. The predicted octanol–water partition coefficient (Wildman–Crippen LogP) is 2.91. The van der Waals surface area contributed by atoms with E-state index in [4.69, 9.17) is 23.2 Å². The summed E-state index contributed by atoms with van der Waals surface area (Å²) in [7, 11) is 0. The van der Waals surface area contributed by atoms with Crippen molar-refractivity contribution in [3.05, 3.63) is 28.7 Å². The molecule has 4 unspecified atom stereocenters. The van der Waals surface area contributed by atoms with Crippen LogP contribution in [0.2, 0.25) is 10.3 Å². The van der Waals surface area contributed by atoms with E-state index in [0.717, 1.165) is 12.8 Å². The summed E-state index contributed by atoms with van der Waals surface area (Å²) in [4.78, 5) is 20.4. The Labute approximate surface area is 139 Å². The maximum absolute atomic E-state index is 12.5. The molecule has 5 nitrogen and oxygen atoms in total. The summed E-state index contributed by atoms with van der Waals surface area (Å²) in [5.41, 5.74) is 0. The van der Waals surface area contributed by atoms with Crippen LogP contribution in [0.15, 0.2) is 18.3 Å². The Morgan fingerprint density at radius 3 is 2.91 bits per heavy atom. The van der Waals surface area contributed by atoms with Crippen LogP contribution < -0.4 is 10.6 Å². The highest BCUT2D eigenvalue weighted by Gasteiger charge is 2.48. The van der Waals surface area contributed by atoms with Gasteiger partial charge in [0.05, 0.1) is 12.1 Å². The van der Waals surface area contributed by atoms with Gasteiger partial charge in [-0.05, 0) is 36.3 Å². The lowest BCUT2D eigenvalue weighted by molar-refractivity contribution is -0.125. The number of fused-ring (bicyclic) bond motifs is 2. The van der Waals surface area contributed by atoms with E-state index in [9.17, 15) is 4.79 Å². The van der Waals surface area contributed by atoms with Crippen LogP contribution in [0.25, 0.3) is 0 Å². The summed E-state index contributed by atoms with van der Waals surface area (Å²) in [6.07, 6.45) is 7.69. The van der Waals surface area contributed by atoms with Crippen molar-refractivity contribution in [2.75, 3.05) is 11.9 Å². The Morgan fingerprint density at radius 1 is 1.36 bits per heavy atom. The smallest absolute Gasteiger partial charge is 0.225 e. The molecule has 0 spiro atoms. The molecule has 4 atom stereocenters. The van der Waals surface area contributed by atoms with Crippen LogP contribution in [0, 0.1) is 17.8 Å². The second-order valence-electron chi connectivity index (χ2n) is 5.77. The highest BCUT2D eigenvalue weighted by atomic mass is 35.5. The Kier molecular flexibility index (Phi) is 4.54. The molecule has 1 saturated carbocycles. The maximum atomic E-state index is 12.5. The summed E-state index contributed by atoms with van der Waals surface area (Å²) in [6, 6.07) is -0.0182. The van der Waals surface area contributed by atoms with E-state index in [1.807, 2.05) is 6.92 Å². The molecule has 1 aromatic rings. The number of nitrogens with zero attached hydrogens (tertiary/aromatic N) is 2. The van der Waals surface area contributed by atoms with Gasteiger partial charge < -0.3 is 10.6 Å². The average Bonchev–Trinajstić information content (AvgIpc) is 3.09. The van der Waals surface area contributed by atoms with Crippen molar-refractivity contribution in [3.8, 4) is 0 Å². The van der Waals surface area contributed by atoms with Gasteiger partial charge in [-0.3, -0.25) is 4.79 Å². The molecular weight excluding hydrogens is 323 g/mol. The molecule has 1 fully saturated rings. The van der Waals surface area contributed by atoms with Crippen LogP contribution in [0.5, 0.6) is 0 Å². The Hall–Kier alpha value is -1.33. The second-order valence-corrected chi connectivity index (χ2v) is 6.52. The van der Waals surface area contributed by atoms with Crippen molar-refractivity contribution in [1.82, 2.24) is 15.3 Å². The molecule has 0 saturated heterocycles. The normalized spacial score (nSPS) is 28.9. The summed E-state index contributed by atoms with van der Waals surface area (Å²) in [6.45, 7) is 2.74. The average molecular weight is 341 g/mol. The number of allylic oxidation sites excluding steroid dienone is 1. The van der Waals surface area contributed by atoms with E-state index in [1.165, 1.54) is 6.20 Å². The molecule has 1 amide bonds. The summed E-state index contributed by atoms with van der Waals surface area (Å²) >= 11 is 12.0. The highest BCUT2D eigenvalue weighted by molar-refractivity contribution is 6.33. The first-order chi connectivity index (χ1) is 10.6. The van der Waals surface area contributed by atoms with Crippen LogP contribution in [0.3, 0.4) is 0 Å². The van der Waals surface area contributed by atoms with E-state index in [1.54, 1.807) is 0 Å². The quantitative estimate of drug-likeness (QED) is 0.638. The Balaban J connectivity index is 1.80. The number of carbonyl (C=O) groups is 1. The van der Waals surface area contributed by atoms with Crippen molar-refractivity contribution in [1.29, 1.82) is 0 Å². The molecular formula is C15H18Cl2N4O. The number of hydrogen-bond donors (Lipinski definition) is 2. The monoisotopic (exact) mass is 340 g/mol. The van der Waals surface area contributed by atoms with E-state index < -0.39 is 0 Å². The molecule has 3 rings (SSSR count). The zero-order valence-corrected chi connectivity index (χ0v) is 13.7. The lowest BCUT2D eigenvalue weighted by Gasteiger charge is -2.28. The Morgan fingerprint density at radius 2 is 2.14 bits per heavy atom. The molecule has 118 valence electrons. The number of amides is 1. The number of halogens is 2. The van der Waals surface area contributed by atoms with E-state index in [0.29, 0.717) is 23.3 Å². The van der Waals surface area contributed by atoms with Gasteiger partial charge in [-0.2, -0.15) is 4.98 Å². The van der Waals surface area contributed by atoms with Gasteiger partial charge in [0, 0.05) is 12.6 Å². The van der Waals surface area contributed by atoms with Crippen LogP contribution in [0.4, 0.5) is 5.82 Å². The van der Waals surface area contributed by atoms with Crippen LogP contribution in [-0.4, -0.2) is 28.5 Å². The summed E-state index contributed by atoms with van der Waals surface area (Å²) in [5, 5.41) is 6.85. The van der Waals surface area contributed by atoms with Crippen LogP contribution in [0.1, 0.15) is 19.8 Å². The predicted molar refractivity (Wildman–Crippen MR) is 87.0 cm³/mol. The summed E-state index contributed by atoms with van der Waals surface area (Å²) < 4.78 is 0. The van der Waals surface area contributed by atoms with E-state index in [2.05, 4.69) is 32.8 Å². The molecule has 0 aliphatic heterocycles. The minimum atomic E-state index is -0.105. The van der Waals surface area contributed by atoms with Crippen LogP contribution in [-0.2, 0) is 4.79 Å². The first-order valence-corrected chi connectivity index (χ1v) is 8.26. The molecule has 2 aliphatic carbocycles. The van der Waals surface area contributed by atoms with Crippen LogP contribution >= 0.6 is 23.2 Å². The van der Waals surface area contributed by atoms with Gasteiger partial charge in [0.2, 0.25) is 11.2 Å². The fraction of sp³-hybridized carbons (Fsp3) is 0.533. The van der Waals surface area contributed by atoms with Gasteiger partial charge in [0.25, 0.3) is 0 Å². The molecule has 0 radical (unpaired) electrons. The number of aromatic nitrogens is 2. The van der Waals surface area contributed by atoms with Gasteiger partial charge in [-0.1, -0.05) is 30.7 Å². The number of rotatable bonds is 5. The van der Waals surface area contributed by atoms with Crippen molar-refractivity contribution in [2.45, 2.75) is 25.8 Å². The molecule has 1 aromatic heterocycles. The van der Waals surface area contributed by atoms with Gasteiger partial charge >= 0.3 is 0 Å². The van der Waals surface area contributed by atoms with Crippen molar-refractivity contribution in [3.63, 3.8) is 0 Å². The Bertz CT molecular complexity index is 607. The second kappa shape index (κ2) is 6.42. The van der Waals surface area contributed by atoms with Gasteiger partial charge in [-0.15, -0.1) is 0 Å². The lowest BCUT2D eigenvalue weighted by atomic mass is 9.88. The maximum Gasteiger partial charge on any atom is 0.225 e. The zero-order chi connectivity index (χ0) is 15.7. The molecule has 22 heavy (non-hydrogen) atoms. The first kappa shape index (κ1) is 15.6. The molecule has 2 aliphatic rings.